The van der Waals surface area contributed by atoms with Gasteiger partial charge < -0.3 is 68.1 Å². The fourth-order valence-electron chi connectivity index (χ4n) is 12.0. The zero-order chi connectivity index (χ0) is 99.3. The van der Waals surface area contributed by atoms with Gasteiger partial charge in [0.25, 0.3) is 23.6 Å². The van der Waals surface area contributed by atoms with Crippen molar-refractivity contribution in [3.8, 4) is 69.5 Å². The van der Waals surface area contributed by atoms with E-state index in [-0.39, 0.29) is 54.3 Å². The molecule has 14 rings (SSSR count). The van der Waals surface area contributed by atoms with Gasteiger partial charge in [-0.15, -0.1) is 0 Å². The zero-order valence-corrected chi connectivity index (χ0v) is 85.1. The van der Waals surface area contributed by atoms with Crippen molar-refractivity contribution in [2.75, 3.05) is 46.2 Å². The van der Waals surface area contributed by atoms with Gasteiger partial charge >= 0.3 is 7.12 Å². The number of fused-ring (bicyclic) bond motifs is 2. The van der Waals surface area contributed by atoms with Gasteiger partial charge in [-0.25, -0.2) is 19.9 Å². The maximum absolute atomic E-state index is 12.6. The molecule has 0 aliphatic carbocycles. The fourth-order valence-corrected chi connectivity index (χ4v) is 13.1. The van der Waals surface area contributed by atoms with Crippen molar-refractivity contribution in [3.63, 3.8) is 0 Å². The summed E-state index contributed by atoms with van der Waals surface area (Å²) in [7, 11) is -0.493. The molecule has 0 unspecified atom stereocenters. The van der Waals surface area contributed by atoms with E-state index in [1.165, 1.54) is 29.6 Å². The number of aliphatic hydroxyl groups excluding tert-OH is 1. The number of carbonyl (C=O) groups is 5. The topological polar surface area (TPSA) is 303 Å². The number of benzene rings is 6. The molecule has 2 saturated heterocycles. The molecule has 2 fully saturated rings. The second-order valence-corrected chi connectivity index (χ2v) is 34.5. The Morgan fingerprint density at radius 2 is 0.778 bits per heavy atom. The van der Waals surface area contributed by atoms with Gasteiger partial charge in [-0.2, -0.15) is 0 Å². The molecule has 135 heavy (non-hydrogen) atoms. The van der Waals surface area contributed by atoms with Gasteiger partial charge in [-0.1, -0.05) is 168 Å². The Bertz CT molecular complexity index is 5430. The highest BCUT2D eigenvalue weighted by Gasteiger charge is 2.50. The van der Waals surface area contributed by atoms with Crippen LogP contribution in [0.4, 0.5) is 0 Å². The highest BCUT2D eigenvalue weighted by atomic mass is 79.9. The lowest BCUT2D eigenvalue weighted by Gasteiger charge is -2.32. The first kappa shape index (κ1) is 113. The van der Waals surface area contributed by atoms with E-state index in [0.29, 0.717) is 133 Å². The van der Waals surface area contributed by atoms with Crippen molar-refractivity contribution in [1.82, 2.24) is 35.1 Å². The SMILES string of the molecule is C1CCOC1.CC.CCO.CCOc1ccc(Oc2ccc(/C=C/[C@H](C)N)cn2)c(Cl)c1.CCOc1ccc(Oc2ccc(/C=C/[C@H](C)N3C(=O)c4ccccc4C3=O)cn2)c(Cl)c1.CCOc1ccc(Oc2ccc(/C=C/[C@H](C)NC(C)=O)cn2)c(Cl)c1.CCOc1ccc(Oc2ccc(Br)cn2)c(Cl)c1.C[C@@H](/C=C/B1OC(C)(C)C(C)(C)O1)N1C(=O)c2ccccc2C1=O.ClC(Cl)Cl. The molecular formula is C101H115BBrCl7N8O17. The highest BCUT2D eigenvalue weighted by molar-refractivity contribution is 9.10. The molecule has 0 bridgehead atoms. The lowest BCUT2D eigenvalue weighted by Crippen LogP contribution is -2.41. The molecule has 0 radical (unpaired) electrons. The summed E-state index contributed by atoms with van der Waals surface area (Å²) < 4.78 is 61.1. The minimum absolute atomic E-state index is 0.0126. The van der Waals surface area contributed by atoms with Crippen LogP contribution in [0.3, 0.4) is 0 Å². The molecular weight excluding hydrogens is 1940 g/mol. The second kappa shape index (κ2) is 58.7. The molecule has 4 atom stereocenters. The number of imide groups is 2. The number of halogens is 8. The lowest BCUT2D eigenvalue weighted by atomic mass is 9.89. The van der Waals surface area contributed by atoms with Gasteiger partial charge in [0.2, 0.25) is 29.4 Å². The number of ether oxygens (including phenoxy) is 9. The Labute approximate surface area is 835 Å². The van der Waals surface area contributed by atoms with Crippen LogP contribution in [0.2, 0.25) is 20.1 Å². The van der Waals surface area contributed by atoms with Crippen LogP contribution in [0.1, 0.15) is 182 Å². The monoisotopic (exact) mass is 2050 g/mol. The summed E-state index contributed by atoms with van der Waals surface area (Å²) in [6.45, 7) is 34.7. The molecule has 4 N–H and O–H groups in total. The first-order chi connectivity index (χ1) is 64.5. The molecule has 5 amide bonds. The van der Waals surface area contributed by atoms with Gasteiger partial charge in [0.1, 0.15) is 46.0 Å². The van der Waals surface area contributed by atoms with Crippen LogP contribution in [-0.2, 0) is 18.8 Å². The van der Waals surface area contributed by atoms with E-state index >= 15 is 0 Å². The molecule has 0 spiro atoms. The largest absolute Gasteiger partial charge is 0.494 e. The number of rotatable bonds is 27. The summed E-state index contributed by atoms with van der Waals surface area (Å²) in [6.07, 6.45) is 22.3. The Kier molecular flexibility index (Phi) is 49.2. The Hall–Kier alpha value is -10.6. The quantitative estimate of drug-likeness (QED) is 0.0245. The molecule has 8 heterocycles. The van der Waals surface area contributed by atoms with Crippen molar-refractivity contribution in [2.24, 2.45) is 5.73 Å². The molecule has 34 heteroatoms. The van der Waals surface area contributed by atoms with Crippen LogP contribution in [0.25, 0.3) is 18.2 Å². The summed E-state index contributed by atoms with van der Waals surface area (Å²) in [5, 5.41) is 12.2. The minimum atomic E-state index is -0.750. The number of nitrogens with one attached hydrogen (secondary N) is 1. The lowest BCUT2D eigenvalue weighted by molar-refractivity contribution is -0.119. The molecule has 720 valence electrons. The Morgan fingerprint density at radius 3 is 1.04 bits per heavy atom. The molecule has 10 aromatic rings. The van der Waals surface area contributed by atoms with E-state index in [9.17, 15) is 24.0 Å². The maximum Gasteiger partial charge on any atom is 0.486 e. The van der Waals surface area contributed by atoms with E-state index in [1.807, 2.05) is 157 Å². The predicted octanol–water partition coefficient (Wildman–Crippen LogP) is 25.7. The van der Waals surface area contributed by atoms with Crippen molar-refractivity contribution in [1.29, 1.82) is 0 Å². The molecule has 0 saturated carbocycles. The van der Waals surface area contributed by atoms with Crippen LogP contribution < -0.4 is 48.9 Å². The Balaban J connectivity index is 0.000000252. The van der Waals surface area contributed by atoms with E-state index < -0.39 is 28.7 Å². The summed E-state index contributed by atoms with van der Waals surface area (Å²) in [6, 6.07) is 48.5. The van der Waals surface area contributed by atoms with E-state index in [1.54, 1.807) is 190 Å². The number of amides is 5. The van der Waals surface area contributed by atoms with E-state index in [0.717, 1.165) is 40.1 Å². The molecule has 25 nitrogen and oxygen atoms in total. The number of hydrogen-bond acceptors (Lipinski definition) is 22. The van der Waals surface area contributed by atoms with Crippen LogP contribution in [0.15, 0.2) is 229 Å². The number of pyridine rings is 4. The van der Waals surface area contributed by atoms with Gasteiger partial charge in [0.15, 0.2) is 4.30 Å². The van der Waals surface area contributed by atoms with Crippen LogP contribution in [0, 0.1) is 0 Å². The third-order valence-electron chi connectivity index (χ3n) is 19.0. The van der Waals surface area contributed by atoms with Crippen LogP contribution in [0.5, 0.6) is 69.5 Å². The number of aromatic nitrogens is 4. The standard InChI is InChI=1S/C25H21ClN2O4.C19H21ClN2O3.C18H22BNO4.C17H19ClN2O2.C13H11BrClNO2.C4H8O.C2H6O.C2H6.CHCl3/c1-3-31-18-11-12-22(21(26)14-18)32-23-13-10-17(15-27-23)9-8-16(2)28-24(29)19-6-4-5-7-20(19)25(28)30;1-4-24-16-8-9-18(17(20)11-16)25-19-10-7-15(12-21-19)6-5-13(2)22-14(3)23;1-12(10-11-19-23-17(2,3)18(4,5)24-19)20-15(21)13-8-6-7-9-14(13)16(20)22;1-3-21-14-7-8-16(15(18)10-14)22-17-9-6-13(11-20-17)5-4-12(2)19;1-2-17-10-4-5-12(11(15)7-10)18-13-6-3-9(14)8-16-13;1-2-4-5-3-1;1-2-3;1-2;2-1(3)4/h4-16H,3H2,1-2H3;5-13H,4H2,1-3H3,(H,22,23);6-12H,1-5H3;4-12H,3,19H2,1-2H3;3-8H,2H2,1H3;1-4H2;3H,2H2,1H3;1-2H3;1H/b9-8+;6-5+;11-10+;5-4+;;;;;/t16-;13-;2*12-;;;;;/m0000...../s1. The molecule has 6 aromatic carbocycles. The molecule has 4 aromatic heterocycles. The normalized spacial score (nSPS) is 14.4. The number of nitrogens with two attached hydrogens (primary N) is 1. The van der Waals surface area contributed by atoms with Gasteiger partial charge in [-0.05, 0) is 233 Å². The summed E-state index contributed by atoms with van der Waals surface area (Å²) >= 11 is 42.4. The van der Waals surface area contributed by atoms with Gasteiger partial charge in [-0.3, -0.25) is 33.8 Å². The third kappa shape index (κ3) is 37.8. The van der Waals surface area contributed by atoms with E-state index in [4.69, 9.17) is 144 Å². The smallest absolute Gasteiger partial charge is 0.486 e. The zero-order valence-electron chi connectivity index (χ0n) is 78.2. The minimum Gasteiger partial charge on any atom is -0.494 e. The molecule has 4 aliphatic rings. The number of aliphatic hydroxyl groups is 1. The highest BCUT2D eigenvalue weighted by Crippen LogP contribution is 2.40. The average molecular weight is 2050 g/mol. The number of carbonyl (C=O) groups excluding carboxylic acids is 5. The van der Waals surface area contributed by atoms with Crippen LogP contribution in [-0.4, -0.2) is 157 Å². The number of alkyl halides is 3. The van der Waals surface area contributed by atoms with Crippen molar-refractivity contribution in [2.45, 2.75) is 163 Å². The first-order valence-corrected chi connectivity index (χ1v) is 47.2. The second-order valence-electron chi connectivity index (χ2n) is 30.0. The van der Waals surface area contributed by atoms with Crippen molar-refractivity contribution >= 4 is 152 Å². The van der Waals surface area contributed by atoms with Gasteiger partial charge in [0, 0.05) is 117 Å². The summed E-state index contributed by atoms with van der Waals surface area (Å²) in [5.41, 5.74) is 9.30. The molecule has 4 aliphatic heterocycles. The van der Waals surface area contributed by atoms with Crippen molar-refractivity contribution < 1.29 is 81.0 Å². The summed E-state index contributed by atoms with van der Waals surface area (Å²) in [4.78, 5) is 80.5. The summed E-state index contributed by atoms with van der Waals surface area (Å²) in [5.74, 6) is 7.30. The third-order valence-corrected chi connectivity index (χ3v) is 20.6. The van der Waals surface area contributed by atoms with E-state index in [2.05, 4.69) is 41.2 Å². The number of hydrogen-bond donors (Lipinski definition) is 3. The maximum atomic E-state index is 12.6. The predicted molar refractivity (Wildman–Crippen MR) is 543 cm³/mol. The van der Waals surface area contributed by atoms with Crippen molar-refractivity contribution in [3.05, 3.63) is 288 Å². The average Bonchev–Trinajstić information content (AvgIpc) is 1.65. The number of nitrogens with zero attached hydrogens (tertiary/aromatic N) is 6. The Morgan fingerprint density at radius 1 is 0.481 bits per heavy atom. The van der Waals surface area contributed by atoms with Crippen LogP contribution >= 0.6 is 97.1 Å². The van der Waals surface area contributed by atoms with Gasteiger partial charge in [0.05, 0.1) is 92.1 Å². The fraction of sp³-hybridized carbons (Fsp3) is 0.317. The first-order valence-electron chi connectivity index (χ1n) is 43.6.